The summed E-state index contributed by atoms with van der Waals surface area (Å²) in [6.07, 6.45) is 3.24. The van der Waals surface area contributed by atoms with Gasteiger partial charge in [0.1, 0.15) is 0 Å². The standard InChI is InChI=1S/C11H22O2S2/c1-6-9(12)13-11(4,14)7-10(2,3)8-15-5/h14H,6-8H2,1-5H3. The Kier molecular flexibility index (Phi) is 6.11. The summed E-state index contributed by atoms with van der Waals surface area (Å²) in [4.78, 5) is 10.5. The molecule has 15 heavy (non-hydrogen) atoms. The summed E-state index contributed by atoms with van der Waals surface area (Å²) in [7, 11) is 0. The maximum absolute atomic E-state index is 11.2. The van der Waals surface area contributed by atoms with Gasteiger partial charge in [-0.25, -0.2) is 0 Å². The van der Waals surface area contributed by atoms with Gasteiger partial charge in [0.25, 0.3) is 0 Å². The Hall–Kier alpha value is 0.170. The fourth-order valence-electron chi connectivity index (χ4n) is 1.68. The molecule has 0 radical (unpaired) electrons. The molecule has 0 rings (SSSR count). The number of rotatable bonds is 6. The van der Waals surface area contributed by atoms with Crippen LogP contribution in [0.25, 0.3) is 0 Å². The molecule has 0 aliphatic heterocycles. The van der Waals surface area contributed by atoms with Crippen LogP contribution in [0.4, 0.5) is 0 Å². The van der Waals surface area contributed by atoms with Crippen molar-refractivity contribution in [1.29, 1.82) is 0 Å². The second kappa shape index (κ2) is 6.04. The molecule has 1 unspecified atom stereocenters. The Balaban J connectivity index is 4.29. The van der Waals surface area contributed by atoms with Gasteiger partial charge in [0.15, 0.2) is 4.93 Å². The molecule has 90 valence electrons. The second-order valence-corrected chi connectivity index (χ2v) is 6.59. The summed E-state index contributed by atoms with van der Waals surface area (Å²) in [5, 5.41) is 0. The SMILES string of the molecule is CCC(=O)OC(C)(S)CC(C)(C)CSC. The van der Waals surface area contributed by atoms with Crippen LogP contribution in [0, 0.1) is 5.41 Å². The van der Waals surface area contributed by atoms with Crippen LogP contribution in [0.1, 0.15) is 40.5 Å². The molecule has 0 N–H and O–H groups in total. The van der Waals surface area contributed by atoms with Gasteiger partial charge >= 0.3 is 5.97 Å². The smallest absolute Gasteiger partial charge is 0.306 e. The molecule has 0 aliphatic rings. The lowest BCUT2D eigenvalue weighted by Gasteiger charge is -2.33. The Bertz CT molecular complexity index is 213. The van der Waals surface area contributed by atoms with Gasteiger partial charge in [0.2, 0.25) is 0 Å². The fraction of sp³-hybridized carbons (Fsp3) is 0.909. The number of hydrogen-bond donors (Lipinski definition) is 1. The minimum absolute atomic E-state index is 0.129. The van der Waals surface area contributed by atoms with Gasteiger partial charge in [-0.3, -0.25) is 4.79 Å². The van der Waals surface area contributed by atoms with Crippen LogP contribution in [-0.2, 0) is 9.53 Å². The van der Waals surface area contributed by atoms with Crippen LogP contribution in [-0.4, -0.2) is 22.9 Å². The molecule has 0 aromatic rings. The monoisotopic (exact) mass is 250 g/mol. The molecule has 0 heterocycles. The van der Waals surface area contributed by atoms with Crippen molar-refractivity contribution in [2.75, 3.05) is 12.0 Å². The van der Waals surface area contributed by atoms with Crippen molar-refractivity contribution in [3.63, 3.8) is 0 Å². The molecule has 0 saturated heterocycles. The van der Waals surface area contributed by atoms with Crippen LogP contribution in [0.5, 0.6) is 0 Å². The van der Waals surface area contributed by atoms with E-state index in [0.717, 1.165) is 12.2 Å². The number of hydrogen-bond acceptors (Lipinski definition) is 4. The number of thiol groups is 1. The number of thioether (sulfide) groups is 1. The molecule has 0 bridgehead atoms. The lowest BCUT2D eigenvalue weighted by Crippen LogP contribution is -2.32. The van der Waals surface area contributed by atoms with Crippen molar-refractivity contribution in [1.82, 2.24) is 0 Å². The number of esters is 1. The first-order chi connectivity index (χ1) is 6.72. The number of carbonyl (C=O) groups is 1. The normalized spacial score (nSPS) is 15.9. The molecule has 0 amide bonds. The van der Waals surface area contributed by atoms with Crippen molar-refractivity contribution in [2.24, 2.45) is 5.41 Å². The van der Waals surface area contributed by atoms with E-state index < -0.39 is 4.93 Å². The molecule has 4 heteroatoms. The van der Waals surface area contributed by atoms with E-state index in [2.05, 4.69) is 32.7 Å². The quantitative estimate of drug-likeness (QED) is 0.445. The van der Waals surface area contributed by atoms with Crippen LogP contribution >= 0.6 is 24.4 Å². The molecule has 0 aliphatic carbocycles. The van der Waals surface area contributed by atoms with Gasteiger partial charge in [-0.05, 0) is 24.3 Å². The Morgan fingerprint density at radius 3 is 2.33 bits per heavy atom. The van der Waals surface area contributed by atoms with E-state index in [1.807, 2.05) is 6.92 Å². The highest BCUT2D eigenvalue weighted by atomic mass is 32.2. The first-order valence-electron chi connectivity index (χ1n) is 5.15. The summed E-state index contributed by atoms with van der Waals surface area (Å²) in [6, 6.07) is 0. The maximum atomic E-state index is 11.2. The fourth-order valence-corrected chi connectivity index (χ4v) is 3.10. The predicted molar refractivity (Wildman–Crippen MR) is 70.6 cm³/mol. The van der Waals surface area contributed by atoms with Crippen molar-refractivity contribution < 1.29 is 9.53 Å². The van der Waals surface area contributed by atoms with E-state index in [0.29, 0.717) is 6.42 Å². The average Bonchev–Trinajstić information content (AvgIpc) is 2.00. The van der Waals surface area contributed by atoms with Gasteiger partial charge < -0.3 is 4.74 Å². The first-order valence-corrected chi connectivity index (χ1v) is 7.00. The Morgan fingerprint density at radius 1 is 1.40 bits per heavy atom. The third-order valence-corrected chi connectivity index (χ3v) is 3.28. The van der Waals surface area contributed by atoms with Gasteiger partial charge in [-0.15, -0.1) is 12.6 Å². The molecule has 0 aromatic carbocycles. The molecular weight excluding hydrogens is 228 g/mol. The van der Waals surface area contributed by atoms with Gasteiger partial charge in [-0.1, -0.05) is 20.8 Å². The molecule has 1 atom stereocenters. The van der Waals surface area contributed by atoms with Crippen molar-refractivity contribution in [3.05, 3.63) is 0 Å². The minimum atomic E-state index is -0.660. The minimum Gasteiger partial charge on any atom is -0.448 e. The predicted octanol–water partition coefficient (Wildman–Crippen LogP) is 3.36. The van der Waals surface area contributed by atoms with Crippen LogP contribution in [0.2, 0.25) is 0 Å². The third kappa shape index (κ3) is 7.12. The van der Waals surface area contributed by atoms with Gasteiger partial charge in [0, 0.05) is 12.8 Å². The summed E-state index contributed by atoms with van der Waals surface area (Å²) in [6.45, 7) is 7.97. The van der Waals surface area contributed by atoms with Crippen molar-refractivity contribution >= 4 is 30.4 Å². The van der Waals surface area contributed by atoms with Gasteiger partial charge in [-0.2, -0.15) is 11.8 Å². The van der Waals surface area contributed by atoms with Crippen molar-refractivity contribution in [2.45, 2.75) is 45.5 Å². The molecule has 0 aromatic heterocycles. The maximum Gasteiger partial charge on any atom is 0.306 e. The zero-order valence-electron chi connectivity index (χ0n) is 10.3. The molecule has 0 spiro atoms. The lowest BCUT2D eigenvalue weighted by atomic mass is 9.89. The van der Waals surface area contributed by atoms with E-state index in [1.165, 1.54) is 0 Å². The second-order valence-electron chi connectivity index (χ2n) is 4.78. The average molecular weight is 250 g/mol. The van der Waals surface area contributed by atoms with E-state index in [1.54, 1.807) is 18.7 Å². The topological polar surface area (TPSA) is 26.3 Å². The third-order valence-electron chi connectivity index (χ3n) is 1.96. The lowest BCUT2D eigenvalue weighted by molar-refractivity contribution is -0.151. The van der Waals surface area contributed by atoms with Crippen LogP contribution < -0.4 is 0 Å². The molecular formula is C11H22O2S2. The Labute approximate surface area is 103 Å². The highest BCUT2D eigenvalue weighted by Crippen LogP contribution is 2.35. The number of carbonyl (C=O) groups excluding carboxylic acids is 1. The summed E-state index contributed by atoms with van der Waals surface area (Å²) >= 11 is 6.21. The van der Waals surface area contributed by atoms with Crippen LogP contribution in [0.15, 0.2) is 0 Å². The van der Waals surface area contributed by atoms with E-state index >= 15 is 0 Å². The largest absolute Gasteiger partial charge is 0.448 e. The highest BCUT2D eigenvalue weighted by Gasteiger charge is 2.32. The zero-order chi connectivity index (χ0) is 12.1. The van der Waals surface area contributed by atoms with E-state index in [9.17, 15) is 4.79 Å². The summed E-state index contributed by atoms with van der Waals surface area (Å²) in [5.41, 5.74) is 0.129. The van der Waals surface area contributed by atoms with E-state index in [4.69, 9.17) is 4.74 Å². The zero-order valence-corrected chi connectivity index (χ0v) is 12.0. The van der Waals surface area contributed by atoms with Crippen LogP contribution in [0.3, 0.4) is 0 Å². The Morgan fingerprint density at radius 2 is 1.93 bits per heavy atom. The van der Waals surface area contributed by atoms with Gasteiger partial charge in [0.05, 0.1) is 0 Å². The summed E-state index contributed by atoms with van der Waals surface area (Å²) < 4.78 is 5.29. The number of ether oxygens (including phenoxy) is 1. The summed E-state index contributed by atoms with van der Waals surface area (Å²) in [5.74, 6) is 0.847. The molecule has 2 nitrogen and oxygen atoms in total. The molecule has 0 saturated carbocycles. The van der Waals surface area contributed by atoms with Crippen molar-refractivity contribution in [3.8, 4) is 0 Å². The molecule has 0 fully saturated rings. The van der Waals surface area contributed by atoms with E-state index in [-0.39, 0.29) is 11.4 Å². The first kappa shape index (κ1) is 15.2. The highest BCUT2D eigenvalue weighted by molar-refractivity contribution is 7.98.